The Labute approximate surface area is 404 Å². The number of amides is 5. The van der Waals surface area contributed by atoms with E-state index in [-0.39, 0.29) is 60.5 Å². The van der Waals surface area contributed by atoms with Crippen molar-refractivity contribution in [2.45, 2.75) is 136 Å². The molecule has 3 N–H and O–H groups in total. The molecular formula is C54H77N5O9. The van der Waals surface area contributed by atoms with Crippen LogP contribution in [0.3, 0.4) is 0 Å². The van der Waals surface area contributed by atoms with E-state index in [1.54, 1.807) is 44.9 Å². The van der Waals surface area contributed by atoms with Crippen LogP contribution in [-0.4, -0.2) is 133 Å². The van der Waals surface area contributed by atoms with Gasteiger partial charge in [0.2, 0.25) is 23.6 Å². The third-order valence-corrected chi connectivity index (χ3v) is 14.4. The summed E-state index contributed by atoms with van der Waals surface area (Å²) < 4.78 is 18.0. The Hall–Kier alpha value is -5.31. The summed E-state index contributed by atoms with van der Waals surface area (Å²) in [7, 11) is 6.32. The molecule has 14 nitrogen and oxygen atoms in total. The van der Waals surface area contributed by atoms with Gasteiger partial charge in [0, 0.05) is 40.8 Å². The maximum absolute atomic E-state index is 14.7. The van der Waals surface area contributed by atoms with Gasteiger partial charge < -0.3 is 39.8 Å². The molecule has 0 aromatic heterocycles. The smallest absolute Gasteiger partial charge is 0.410 e. The Morgan fingerprint density at radius 3 is 1.90 bits per heavy atom. The largest absolute Gasteiger partial charge is 0.448 e. The highest BCUT2D eigenvalue weighted by atomic mass is 16.6. The van der Waals surface area contributed by atoms with E-state index in [0.29, 0.717) is 24.9 Å². The number of benzene rings is 3. The first-order valence-electron chi connectivity index (χ1n) is 24.4. The summed E-state index contributed by atoms with van der Waals surface area (Å²) in [6.45, 7) is 15.6. The van der Waals surface area contributed by atoms with Crippen molar-refractivity contribution < 1.29 is 43.3 Å². The number of nitrogens with one attached hydrogen (secondary N) is 2. The molecule has 5 rings (SSSR count). The maximum atomic E-state index is 14.7. The van der Waals surface area contributed by atoms with E-state index in [9.17, 15) is 29.1 Å². The molecular weight excluding hydrogens is 863 g/mol. The summed E-state index contributed by atoms with van der Waals surface area (Å²) >= 11 is 0. The standard InChI is InChI=1S/C54H77N5O9/c1-13-34(6)48(44(66-11)30-45(60)59-29-21-28-43(59)50(67-12)35(7)51(62)55-36(8)49(61)37-22-15-14-16-23-37)57(9)53(64)46(32(2)3)56-52(63)47(33(4)5)58(10)54(65)68-31-42-40-26-19-17-24-38(40)39-25-18-20-27-41(39)42/h14-20,22-27,32-36,42-44,46-50,61H,13,21,28-31H2,1-12H3,(H,55,62)(H,56,63)/t34-,35+,36+,43-,44?,46-,47-,48-,49+,50+/m0/s1. The van der Waals surface area contributed by atoms with Gasteiger partial charge in [0.15, 0.2) is 0 Å². The highest BCUT2D eigenvalue weighted by Crippen LogP contribution is 2.44. The van der Waals surface area contributed by atoms with E-state index in [1.165, 1.54) is 12.0 Å². The molecule has 10 atom stereocenters. The lowest BCUT2D eigenvalue weighted by molar-refractivity contribution is -0.148. The molecule has 5 amide bonds. The summed E-state index contributed by atoms with van der Waals surface area (Å²) in [6, 6.07) is 21.9. The van der Waals surface area contributed by atoms with Crippen LogP contribution in [0.4, 0.5) is 4.79 Å². The van der Waals surface area contributed by atoms with Crippen LogP contribution in [0.5, 0.6) is 0 Å². The van der Waals surface area contributed by atoms with Crippen LogP contribution in [0.15, 0.2) is 78.9 Å². The number of ether oxygens (including phenoxy) is 3. The fourth-order valence-corrected chi connectivity index (χ4v) is 10.4. The van der Waals surface area contributed by atoms with Crippen LogP contribution in [0.2, 0.25) is 0 Å². The molecule has 0 spiro atoms. The number of fused-ring (bicyclic) bond motifs is 3. The van der Waals surface area contributed by atoms with Crippen molar-refractivity contribution in [3.05, 3.63) is 95.6 Å². The van der Waals surface area contributed by atoms with Crippen LogP contribution >= 0.6 is 0 Å². The molecule has 3 aromatic rings. The van der Waals surface area contributed by atoms with Gasteiger partial charge in [-0.25, -0.2) is 4.79 Å². The van der Waals surface area contributed by atoms with Gasteiger partial charge >= 0.3 is 6.09 Å². The number of likely N-dealkylation sites (tertiary alicyclic amines) is 1. The van der Waals surface area contributed by atoms with Crippen molar-refractivity contribution in [2.24, 2.45) is 23.7 Å². The summed E-state index contributed by atoms with van der Waals surface area (Å²) in [5.41, 5.74) is 5.09. The van der Waals surface area contributed by atoms with E-state index in [2.05, 4.69) is 34.9 Å². The SMILES string of the molecule is CC[C@H](C)[C@@H](C(CC(=O)N1CCC[C@H]1[C@H](OC)[C@@H](C)C(=O)N[C@H](C)[C@@H](O)c1ccccc1)OC)N(C)C(=O)[C@@H](NC(=O)[C@H](C(C)C)N(C)C(=O)OCC1c2ccccc2-c2ccccc21)C(C)C. The minimum atomic E-state index is -0.959. The van der Waals surface area contributed by atoms with Gasteiger partial charge in [-0.2, -0.15) is 0 Å². The van der Waals surface area contributed by atoms with Gasteiger partial charge in [-0.15, -0.1) is 0 Å². The van der Waals surface area contributed by atoms with Gasteiger partial charge in [-0.3, -0.25) is 24.1 Å². The van der Waals surface area contributed by atoms with E-state index in [1.807, 2.05) is 96.1 Å². The predicted molar refractivity (Wildman–Crippen MR) is 263 cm³/mol. The second-order valence-electron chi connectivity index (χ2n) is 19.6. The Kier molecular flexibility index (Phi) is 19.2. The molecule has 0 bridgehead atoms. The summed E-state index contributed by atoms with van der Waals surface area (Å²) in [5.74, 6) is -2.84. The molecule has 3 aromatic carbocycles. The molecule has 1 fully saturated rings. The van der Waals surface area contributed by atoms with Crippen LogP contribution < -0.4 is 10.6 Å². The highest BCUT2D eigenvalue weighted by Gasteiger charge is 2.44. The average molecular weight is 940 g/mol. The number of aliphatic hydroxyl groups excluding tert-OH is 1. The molecule has 0 radical (unpaired) electrons. The second-order valence-corrected chi connectivity index (χ2v) is 19.6. The predicted octanol–water partition coefficient (Wildman–Crippen LogP) is 7.19. The number of carbonyl (C=O) groups excluding carboxylic acids is 5. The Balaban J connectivity index is 1.25. The number of hydrogen-bond acceptors (Lipinski definition) is 9. The van der Waals surface area contributed by atoms with Gasteiger partial charge in [0.1, 0.15) is 18.7 Å². The average Bonchev–Trinajstić information content (AvgIpc) is 3.95. The molecule has 372 valence electrons. The van der Waals surface area contributed by atoms with Crippen LogP contribution in [0.1, 0.15) is 110 Å². The molecule has 1 unspecified atom stereocenters. The van der Waals surface area contributed by atoms with E-state index < -0.39 is 60.4 Å². The van der Waals surface area contributed by atoms with Crippen molar-refractivity contribution in [3.63, 3.8) is 0 Å². The van der Waals surface area contributed by atoms with E-state index in [4.69, 9.17) is 14.2 Å². The van der Waals surface area contributed by atoms with E-state index in [0.717, 1.165) is 28.7 Å². The zero-order valence-corrected chi connectivity index (χ0v) is 42.3. The first-order chi connectivity index (χ1) is 32.4. The lowest BCUT2D eigenvalue weighted by atomic mass is 9.89. The molecule has 68 heavy (non-hydrogen) atoms. The van der Waals surface area contributed by atoms with Crippen molar-refractivity contribution >= 4 is 29.7 Å². The first kappa shape index (κ1) is 53.6. The van der Waals surface area contributed by atoms with Crippen molar-refractivity contribution in [3.8, 4) is 11.1 Å². The monoisotopic (exact) mass is 940 g/mol. The summed E-state index contributed by atoms with van der Waals surface area (Å²) in [5, 5.41) is 16.9. The fourth-order valence-electron chi connectivity index (χ4n) is 10.4. The first-order valence-corrected chi connectivity index (χ1v) is 24.4. The fraction of sp³-hybridized carbons (Fsp3) is 0.574. The third-order valence-electron chi connectivity index (χ3n) is 14.4. The van der Waals surface area contributed by atoms with Crippen LogP contribution in [0.25, 0.3) is 11.1 Å². The number of hydrogen-bond donors (Lipinski definition) is 3. The summed E-state index contributed by atoms with van der Waals surface area (Å²) in [4.78, 5) is 75.4. The lowest BCUT2D eigenvalue weighted by Crippen LogP contribution is -2.60. The van der Waals surface area contributed by atoms with Crippen molar-refractivity contribution in [2.75, 3.05) is 41.5 Å². The Morgan fingerprint density at radius 2 is 1.35 bits per heavy atom. The molecule has 1 saturated heterocycles. The molecule has 2 aliphatic rings. The zero-order chi connectivity index (χ0) is 50.0. The zero-order valence-electron chi connectivity index (χ0n) is 42.3. The number of aliphatic hydroxyl groups is 1. The van der Waals surface area contributed by atoms with Crippen LogP contribution in [-0.2, 0) is 33.4 Å². The molecule has 1 heterocycles. The topological polar surface area (TPSA) is 167 Å². The molecule has 1 aliphatic heterocycles. The van der Waals surface area contributed by atoms with Gasteiger partial charge in [-0.1, -0.05) is 134 Å². The number of likely N-dealkylation sites (N-methyl/N-ethyl adjacent to an activating group) is 2. The Bertz CT molecular complexity index is 2120. The number of rotatable bonds is 22. The van der Waals surface area contributed by atoms with Crippen molar-refractivity contribution in [1.29, 1.82) is 0 Å². The lowest BCUT2D eigenvalue weighted by Gasteiger charge is -2.41. The van der Waals surface area contributed by atoms with Crippen LogP contribution in [0, 0.1) is 23.7 Å². The minimum Gasteiger partial charge on any atom is -0.448 e. The maximum Gasteiger partial charge on any atom is 0.410 e. The van der Waals surface area contributed by atoms with Crippen molar-refractivity contribution in [1.82, 2.24) is 25.3 Å². The highest BCUT2D eigenvalue weighted by molar-refractivity contribution is 5.92. The summed E-state index contributed by atoms with van der Waals surface area (Å²) in [6.07, 6.45) is -0.862. The number of carbonyl (C=O) groups is 5. The Morgan fingerprint density at radius 1 is 0.765 bits per heavy atom. The van der Waals surface area contributed by atoms with E-state index >= 15 is 0 Å². The third kappa shape index (κ3) is 12.1. The quantitative estimate of drug-likeness (QED) is 0.0945. The van der Waals surface area contributed by atoms with Gasteiger partial charge in [-0.05, 0) is 65.3 Å². The molecule has 0 saturated carbocycles. The molecule has 1 aliphatic carbocycles. The normalized spacial score (nSPS) is 18.6. The number of nitrogens with zero attached hydrogens (tertiary/aromatic N) is 3. The second kappa shape index (κ2) is 24.3. The van der Waals surface area contributed by atoms with Gasteiger partial charge in [0.05, 0.1) is 48.8 Å². The van der Waals surface area contributed by atoms with Gasteiger partial charge in [0.25, 0.3) is 0 Å². The molecule has 14 heteroatoms. The minimum absolute atomic E-state index is 0.0317. The number of methoxy groups -OCH3 is 2.